The first-order valence-corrected chi connectivity index (χ1v) is 8.98. The highest BCUT2D eigenvalue weighted by Gasteiger charge is 2.43. The van der Waals surface area contributed by atoms with Crippen LogP contribution in [0, 0.1) is 0 Å². The average molecular weight is 390 g/mol. The molecule has 2 aliphatic heterocycles. The van der Waals surface area contributed by atoms with Gasteiger partial charge in [0, 0.05) is 18.7 Å². The molecule has 2 aromatic rings. The number of benzene rings is 2. The summed E-state index contributed by atoms with van der Waals surface area (Å²) in [6.45, 7) is 4.69. The van der Waals surface area contributed by atoms with E-state index >= 15 is 0 Å². The maximum atomic E-state index is 13.1. The summed E-state index contributed by atoms with van der Waals surface area (Å²) in [4.78, 5) is 13.1. The first-order chi connectivity index (χ1) is 13.3. The number of rotatable bonds is 5. The van der Waals surface area contributed by atoms with Crippen molar-refractivity contribution in [2.24, 2.45) is 0 Å². The molecule has 4 rings (SSSR count). The fourth-order valence-electron chi connectivity index (χ4n) is 3.27. The molecular weight excluding hydrogens is 370 g/mol. The van der Waals surface area contributed by atoms with Crippen molar-refractivity contribution in [1.29, 1.82) is 0 Å². The Morgan fingerprint density at radius 1 is 1.18 bits per heavy atom. The molecule has 148 valence electrons. The predicted octanol–water partition coefficient (Wildman–Crippen LogP) is 3.47. The van der Waals surface area contributed by atoms with Gasteiger partial charge in [-0.1, -0.05) is 12.1 Å². The zero-order valence-electron chi connectivity index (χ0n) is 15.4. The lowest BCUT2D eigenvalue weighted by Crippen LogP contribution is -2.54. The summed E-state index contributed by atoms with van der Waals surface area (Å²) in [6.07, 6.45) is -3.60. The third-order valence-corrected chi connectivity index (χ3v) is 4.70. The molecule has 8 heteroatoms. The van der Waals surface area contributed by atoms with Gasteiger partial charge in [0.1, 0.15) is 11.9 Å². The SMILES string of the molecule is CC(=O)N[C@@H](C)c1ccc(OC2CN(c3ccc4c(c3)OC(F)(F)O4)C2)cc1. The van der Waals surface area contributed by atoms with Crippen LogP contribution in [0.1, 0.15) is 25.5 Å². The molecule has 0 unspecified atom stereocenters. The first kappa shape index (κ1) is 18.3. The van der Waals surface area contributed by atoms with Crippen molar-refractivity contribution in [2.45, 2.75) is 32.3 Å². The number of fused-ring (bicyclic) bond motifs is 1. The highest BCUT2D eigenvalue weighted by Crippen LogP contribution is 2.43. The minimum Gasteiger partial charge on any atom is -0.487 e. The van der Waals surface area contributed by atoms with E-state index in [2.05, 4.69) is 14.8 Å². The number of ether oxygens (including phenoxy) is 3. The van der Waals surface area contributed by atoms with Crippen LogP contribution in [-0.4, -0.2) is 31.4 Å². The van der Waals surface area contributed by atoms with Gasteiger partial charge in [0.05, 0.1) is 19.1 Å². The fraction of sp³-hybridized carbons (Fsp3) is 0.350. The minimum absolute atomic E-state index is 0.00508. The highest BCUT2D eigenvalue weighted by molar-refractivity contribution is 5.73. The van der Waals surface area contributed by atoms with Gasteiger partial charge in [-0.05, 0) is 36.8 Å². The maximum Gasteiger partial charge on any atom is 0.586 e. The molecule has 2 aliphatic rings. The van der Waals surface area contributed by atoms with Crippen molar-refractivity contribution in [3.05, 3.63) is 48.0 Å². The van der Waals surface area contributed by atoms with Crippen LogP contribution in [0.5, 0.6) is 17.2 Å². The lowest BCUT2D eigenvalue weighted by atomic mass is 10.1. The normalized spacial score (nSPS) is 18.4. The van der Waals surface area contributed by atoms with E-state index in [1.165, 1.54) is 13.0 Å². The summed E-state index contributed by atoms with van der Waals surface area (Å²) in [5.74, 6) is 0.745. The molecule has 1 atom stereocenters. The standard InChI is InChI=1S/C20H20F2N2O4/c1-12(23-13(2)25)14-3-6-16(7-4-14)26-17-10-24(11-17)15-5-8-18-19(9-15)28-20(21,22)27-18/h3-9,12,17H,10-11H2,1-2H3,(H,23,25)/t12-/m0/s1. The Kier molecular flexibility index (Phi) is 4.49. The smallest absolute Gasteiger partial charge is 0.487 e. The molecule has 1 fully saturated rings. The minimum atomic E-state index is -3.61. The van der Waals surface area contributed by atoms with E-state index in [0.717, 1.165) is 17.0 Å². The molecule has 0 saturated carbocycles. The van der Waals surface area contributed by atoms with Gasteiger partial charge in [0.2, 0.25) is 5.91 Å². The second-order valence-electron chi connectivity index (χ2n) is 6.93. The van der Waals surface area contributed by atoms with Gasteiger partial charge in [0.15, 0.2) is 11.5 Å². The van der Waals surface area contributed by atoms with Gasteiger partial charge in [-0.15, -0.1) is 8.78 Å². The van der Waals surface area contributed by atoms with Crippen molar-refractivity contribution in [3.63, 3.8) is 0 Å². The molecule has 0 radical (unpaired) electrons. The summed E-state index contributed by atoms with van der Waals surface area (Å²) in [5.41, 5.74) is 1.77. The van der Waals surface area contributed by atoms with Crippen LogP contribution in [0.25, 0.3) is 0 Å². The molecule has 28 heavy (non-hydrogen) atoms. The van der Waals surface area contributed by atoms with Gasteiger partial charge < -0.3 is 24.4 Å². The third kappa shape index (κ3) is 3.81. The molecule has 0 spiro atoms. The lowest BCUT2D eigenvalue weighted by Gasteiger charge is -2.40. The summed E-state index contributed by atoms with van der Waals surface area (Å²) >= 11 is 0. The Morgan fingerprint density at radius 2 is 1.86 bits per heavy atom. The quantitative estimate of drug-likeness (QED) is 0.847. The van der Waals surface area contributed by atoms with Gasteiger partial charge in [0.25, 0.3) is 0 Å². The Labute approximate surface area is 161 Å². The first-order valence-electron chi connectivity index (χ1n) is 8.98. The molecule has 1 saturated heterocycles. The average Bonchev–Trinajstić information content (AvgIpc) is 2.90. The highest BCUT2D eigenvalue weighted by atomic mass is 19.3. The molecule has 2 aromatic carbocycles. The number of hydrogen-bond acceptors (Lipinski definition) is 5. The summed E-state index contributed by atoms with van der Waals surface area (Å²) in [7, 11) is 0. The Hall–Kier alpha value is -3.03. The number of halogens is 2. The van der Waals surface area contributed by atoms with E-state index in [0.29, 0.717) is 13.1 Å². The largest absolute Gasteiger partial charge is 0.586 e. The van der Waals surface area contributed by atoms with Crippen molar-refractivity contribution < 1.29 is 27.8 Å². The zero-order chi connectivity index (χ0) is 19.9. The topological polar surface area (TPSA) is 60.0 Å². The molecule has 1 amide bonds. The van der Waals surface area contributed by atoms with Crippen LogP contribution in [0.2, 0.25) is 0 Å². The van der Waals surface area contributed by atoms with E-state index in [1.54, 1.807) is 12.1 Å². The summed E-state index contributed by atoms with van der Waals surface area (Å²) < 4.78 is 41.1. The predicted molar refractivity (Wildman–Crippen MR) is 97.9 cm³/mol. The number of anilines is 1. The van der Waals surface area contributed by atoms with E-state index in [-0.39, 0.29) is 29.6 Å². The lowest BCUT2D eigenvalue weighted by molar-refractivity contribution is -0.286. The van der Waals surface area contributed by atoms with Crippen LogP contribution >= 0.6 is 0 Å². The number of alkyl halides is 2. The molecule has 2 heterocycles. The Morgan fingerprint density at radius 3 is 2.54 bits per heavy atom. The van der Waals surface area contributed by atoms with E-state index in [1.807, 2.05) is 36.1 Å². The van der Waals surface area contributed by atoms with Crippen molar-refractivity contribution >= 4 is 11.6 Å². The molecule has 0 bridgehead atoms. The van der Waals surface area contributed by atoms with E-state index < -0.39 is 6.29 Å². The van der Waals surface area contributed by atoms with Crippen LogP contribution in [0.4, 0.5) is 14.5 Å². The number of nitrogens with zero attached hydrogens (tertiary/aromatic N) is 1. The van der Waals surface area contributed by atoms with Crippen LogP contribution < -0.4 is 24.4 Å². The van der Waals surface area contributed by atoms with Gasteiger partial charge in [-0.2, -0.15) is 0 Å². The summed E-state index contributed by atoms with van der Waals surface area (Å²) in [5, 5.41) is 2.84. The monoisotopic (exact) mass is 390 g/mol. The molecule has 0 aliphatic carbocycles. The van der Waals surface area contributed by atoms with Gasteiger partial charge in [-0.25, -0.2) is 0 Å². The molecule has 0 aromatic heterocycles. The molecule has 1 N–H and O–H groups in total. The second-order valence-corrected chi connectivity index (χ2v) is 6.93. The second kappa shape index (κ2) is 6.85. The van der Waals surface area contributed by atoms with Crippen molar-refractivity contribution in [3.8, 4) is 17.2 Å². The number of nitrogens with one attached hydrogen (secondary N) is 1. The zero-order valence-corrected chi connectivity index (χ0v) is 15.4. The number of carbonyl (C=O) groups is 1. The Balaban J connectivity index is 1.31. The fourth-order valence-corrected chi connectivity index (χ4v) is 3.27. The van der Waals surface area contributed by atoms with Crippen LogP contribution in [0.3, 0.4) is 0 Å². The van der Waals surface area contributed by atoms with E-state index in [9.17, 15) is 13.6 Å². The summed E-state index contributed by atoms with van der Waals surface area (Å²) in [6, 6.07) is 12.3. The van der Waals surface area contributed by atoms with Crippen LogP contribution in [-0.2, 0) is 4.79 Å². The maximum absolute atomic E-state index is 13.1. The number of carbonyl (C=O) groups excluding carboxylic acids is 1. The van der Waals surface area contributed by atoms with Crippen LogP contribution in [0.15, 0.2) is 42.5 Å². The molecule has 6 nitrogen and oxygen atoms in total. The van der Waals surface area contributed by atoms with Crippen molar-refractivity contribution in [1.82, 2.24) is 5.32 Å². The number of amides is 1. The Bertz CT molecular complexity index is 882. The van der Waals surface area contributed by atoms with Gasteiger partial charge in [-0.3, -0.25) is 4.79 Å². The molecular formula is C20H20F2N2O4. The van der Waals surface area contributed by atoms with Gasteiger partial charge >= 0.3 is 6.29 Å². The number of hydrogen-bond donors (Lipinski definition) is 1. The van der Waals surface area contributed by atoms with E-state index in [4.69, 9.17) is 4.74 Å². The third-order valence-electron chi connectivity index (χ3n) is 4.70. The van der Waals surface area contributed by atoms with Crippen molar-refractivity contribution in [2.75, 3.05) is 18.0 Å².